The van der Waals surface area contributed by atoms with Crippen LogP contribution in [0.3, 0.4) is 0 Å². The average molecular weight is 272 g/mol. The van der Waals surface area contributed by atoms with Gasteiger partial charge in [-0.3, -0.25) is 0 Å². The van der Waals surface area contributed by atoms with Gasteiger partial charge < -0.3 is 4.74 Å². The van der Waals surface area contributed by atoms with Gasteiger partial charge in [0.1, 0.15) is 4.58 Å². The van der Waals surface area contributed by atoms with E-state index in [-0.39, 0.29) is 0 Å². The van der Waals surface area contributed by atoms with Crippen LogP contribution in [-0.4, -0.2) is 34.3 Å². The van der Waals surface area contributed by atoms with Crippen LogP contribution >= 0.6 is 23.5 Å². The molecule has 2 nitrogen and oxygen atoms in total. The van der Waals surface area contributed by atoms with E-state index < -0.39 is 28.7 Å². The molecule has 1 aliphatic carbocycles. The first-order chi connectivity index (χ1) is 7.48. The molecule has 2 rings (SSSR count). The fraction of sp³-hybridized carbons (Fsp3) is 0.889. The summed E-state index contributed by atoms with van der Waals surface area (Å²) in [5.41, 5.74) is 0. The maximum atomic E-state index is 12.6. The van der Waals surface area contributed by atoms with Gasteiger partial charge in [-0.15, -0.1) is 23.5 Å². The summed E-state index contributed by atoms with van der Waals surface area (Å²) in [6.45, 7) is 0. The van der Waals surface area contributed by atoms with Gasteiger partial charge in [-0.1, -0.05) is 0 Å². The Hall–Kier alpha value is -0.0400. The van der Waals surface area contributed by atoms with Crippen molar-refractivity contribution in [1.29, 1.82) is 0 Å². The summed E-state index contributed by atoms with van der Waals surface area (Å²) in [4.78, 5) is 11.5. The molecule has 0 bridgehead atoms. The minimum absolute atomic E-state index is 0.469. The summed E-state index contributed by atoms with van der Waals surface area (Å²) in [7, 11) is 0. The molecule has 0 N–H and O–H groups in total. The number of hydrogen-bond acceptors (Lipinski definition) is 4. The van der Waals surface area contributed by atoms with Gasteiger partial charge in [0.05, 0.1) is 0 Å². The van der Waals surface area contributed by atoms with Crippen LogP contribution in [-0.2, 0) is 9.53 Å². The molecule has 0 aromatic carbocycles. The maximum absolute atomic E-state index is 12.6. The molecule has 1 saturated heterocycles. The van der Waals surface area contributed by atoms with Crippen molar-refractivity contribution in [2.75, 3.05) is 11.5 Å². The van der Waals surface area contributed by atoms with E-state index in [0.29, 0.717) is 12.8 Å². The minimum Gasteiger partial charge on any atom is -0.451 e. The first-order valence-corrected chi connectivity index (χ1v) is 7.08. The van der Waals surface area contributed by atoms with Gasteiger partial charge in [0.2, 0.25) is 0 Å². The second-order valence-electron chi connectivity index (χ2n) is 3.81. The molecular weight excluding hydrogens is 261 g/mol. The van der Waals surface area contributed by atoms with Gasteiger partial charge in [-0.25, -0.2) is 4.79 Å². The largest absolute Gasteiger partial charge is 0.451 e. The summed E-state index contributed by atoms with van der Waals surface area (Å²) in [6.07, 6.45) is -5.31. The molecule has 0 radical (unpaired) electrons. The Bertz CT molecular complexity index is 272. The number of alkyl halides is 3. The SMILES string of the molecule is O=C(O[C@H](C1CC1)C(F)(F)F)C1SCCS1. The fourth-order valence-electron chi connectivity index (χ4n) is 1.50. The number of carbonyl (C=O) groups excluding carboxylic acids is 1. The third-order valence-corrected chi connectivity index (χ3v) is 5.38. The molecule has 1 aliphatic heterocycles. The van der Waals surface area contributed by atoms with Gasteiger partial charge in [-0.2, -0.15) is 13.2 Å². The number of esters is 1. The van der Waals surface area contributed by atoms with Crippen molar-refractivity contribution in [3.05, 3.63) is 0 Å². The Kier molecular flexibility index (Phi) is 3.63. The van der Waals surface area contributed by atoms with E-state index in [1.54, 1.807) is 0 Å². The molecule has 0 amide bonds. The highest BCUT2D eigenvalue weighted by Gasteiger charge is 2.52. The molecule has 0 aromatic heterocycles. The Morgan fingerprint density at radius 3 is 2.25 bits per heavy atom. The van der Waals surface area contributed by atoms with Gasteiger partial charge in [0, 0.05) is 17.4 Å². The standard InChI is InChI=1S/C9H11F3O2S2/c10-9(11,12)6(5-1-2-5)14-7(13)8-15-3-4-16-8/h5-6,8H,1-4H2/t6-/m1/s1. The Balaban J connectivity index is 1.92. The van der Waals surface area contributed by atoms with Crippen LogP contribution in [0, 0.1) is 5.92 Å². The molecule has 1 heterocycles. The van der Waals surface area contributed by atoms with E-state index in [1.807, 2.05) is 0 Å². The maximum Gasteiger partial charge on any atom is 0.425 e. The number of hydrogen-bond donors (Lipinski definition) is 0. The molecule has 92 valence electrons. The lowest BCUT2D eigenvalue weighted by molar-refractivity contribution is -0.225. The molecule has 0 unspecified atom stereocenters. The smallest absolute Gasteiger partial charge is 0.425 e. The molecule has 16 heavy (non-hydrogen) atoms. The molecule has 7 heteroatoms. The molecule has 0 spiro atoms. The highest BCUT2D eigenvalue weighted by atomic mass is 32.2. The average Bonchev–Trinajstić information content (AvgIpc) is 2.85. The molecule has 2 aliphatic rings. The van der Waals surface area contributed by atoms with Crippen molar-refractivity contribution in [2.24, 2.45) is 5.92 Å². The van der Waals surface area contributed by atoms with Crippen LogP contribution < -0.4 is 0 Å². The number of rotatable bonds is 3. The van der Waals surface area contributed by atoms with Crippen molar-refractivity contribution < 1.29 is 22.7 Å². The van der Waals surface area contributed by atoms with Gasteiger partial charge in [-0.05, 0) is 12.8 Å². The third kappa shape index (κ3) is 3.00. The zero-order chi connectivity index (χ0) is 11.8. The Morgan fingerprint density at radius 2 is 1.81 bits per heavy atom. The lowest BCUT2D eigenvalue weighted by Crippen LogP contribution is -2.37. The normalized spacial score (nSPS) is 24.4. The number of halogens is 3. The molecule has 1 saturated carbocycles. The lowest BCUT2D eigenvalue weighted by Gasteiger charge is -2.21. The Labute approximate surface area is 99.7 Å². The van der Waals surface area contributed by atoms with Gasteiger partial charge in [0.15, 0.2) is 6.10 Å². The zero-order valence-electron chi connectivity index (χ0n) is 8.33. The summed E-state index contributed by atoms with van der Waals surface area (Å²) >= 11 is 2.71. The van der Waals surface area contributed by atoms with E-state index in [9.17, 15) is 18.0 Å². The predicted molar refractivity (Wildman–Crippen MR) is 57.4 cm³/mol. The zero-order valence-corrected chi connectivity index (χ0v) is 9.96. The summed E-state index contributed by atoms with van der Waals surface area (Å²) in [6, 6.07) is 0. The van der Waals surface area contributed by atoms with Crippen LogP contribution in [0.2, 0.25) is 0 Å². The molecule has 2 fully saturated rings. The minimum atomic E-state index is -4.43. The second-order valence-corrected chi connectivity index (χ2v) is 6.53. The monoisotopic (exact) mass is 272 g/mol. The summed E-state index contributed by atoms with van der Waals surface area (Å²) < 4.78 is 41.9. The summed E-state index contributed by atoms with van der Waals surface area (Å²) in [5.74, 6) is 0.358. The quantitative estimate of drug-likeness (QED) is 0.738. The van der Waals surface area contributed by atoms with Crippen molar-refractivity contribution in [2.45, 2.75) is 29.7 Å². The van der Waals surface area contributed by atoms with E-state index >= 15 is 0 Å². The van der Waals surface area contributed by atoms with Crippen molar-refractivity contribution in [1.82, 2.24) is 0 Å². The van der Waals surface area contributed by atoms with Crippen LogP contribution in [0.25, 0.3) is 0 Å². The second kappa shape index (κ2) is 4.68. The van der Waals surface area contributed by atoms with Crippen molar-refractivity contribution in [3.8, 4) is 0 Å². The van der Waals surface area contributed by atoms with E-state index in [1.165, 1.54) is 23.5 Å². The number of thioether (sulfide) groups is 2. The van der Waals surface area contributed by atoms with Crippen LogP contribution in [0.15, 0.2) is 0 Å². The number of carbonyl (C=O) groups is 1. The summed E-state index contributed by atoms with van der Waals surface area (Å²) in [5, 5.41) is 0. The number of ether oxygens (including phenoxy) is 1. The van der Waals surface area contributed by atoms with Crippen LogP contribution in [0.5, 0.6) is 0 Å². The highest BCUT2D eigenvalue weighted by molar-refractivity contribution is 8.21. The first kappa shape index (κ1) is 12.4. The molecule has 1 atom stereocenters. The Morgan fingerprint density at radius 1 is 1.25 bits per heavy atom. The molecule has 0 aromatic rings. The molecular formula is C9H11F3O2S2. The van der Waals surface area contributed by atoms with Gasteiger partial charge in [0.25, 0.3) is 0 Å². The third-order valence-electron chi connectivity index (χ3n) is 2.43. The fourth-order valence-corrected chi connectivity index (χ4v) is 4.05. The van der Waals surface area contributed by atoms with Gasteiger partial charge >= 0.3 is 12.1 Å². The topological polar surface area (TPSA) is 26.3 Å². The first-order valence-electron chi connectivity index (χ1n) is 4.99. The van der Waals surface area contributed by atoms with Crippen LogP contribution in [0.1, 0.15) is 12.8 Å². The lowest BCUT2D eigenvalue weighted by atomic mass is 10.2. The van der Waals surface area contributed by atoms with E-state index in [2.05, 4.69) is 4.74 Å². The van der Waals surface area contributed by atoms with Crippen molar-refractivity contribution >= 4 is 29.5 Å². The van der Waals surface area contributed by atoms with E-state index in [0.717, 1.165) is 11.5 Å². The van der Waals surface area contributed by atoms with Crippen LogP contribution in [0.4, 0.5) is 13.2 Å². The highest BCUT2D eigenvalue weighted by Crippen LogP contribution is 2.43. The van der Waals surface area contributed by atoms with E-state index in [4.69, 9.17) is 0 Å². The predicted octanol–water partition coefficient (Wildman–Crippen LogP) is 2.68. The van der Waals surface area contributed by atoms with Crippen molar-refractivity contribution in [3.63, 3.8) is 0 Å².